The van der Waals surface area contributed by atoms with Crippen LogP contribution in [0, 0.1) is 0 Å². The fraction of sp³-hybridized carbons (Fsp3) is 0.500. The molecule has 0 unspecified atom stereocenters. The zero-order valence-electron chi connectivity index (χ0n) is 9.42. The van der Waals surface area contributed by atoms with Crippen LogP contribution in [0.25, 0.3) is 11.5 Å². The predicted octanol–water partition coefficient (Wildman–Crippen LogP) is 1.27. The Labute approximate surface area is 93.4 Å². The topological polar surface area (TPSA) is 82.8 Å². The first-order valence-electron chi connectivity index (χ1n) is 5.30. The first-order chi connectivity index (χ1) is 7.70. The standard InChI is InChI=1S/C10H15N5O/c1-3-4-7(11)10-12-9(14-16-10)8-5-6-15(2)13-8/h5-7H,3-4,11H2,1-2H3/t7-/m0/s1. The molecule has 0 saturated carbocycles. The second-order valence-corrected chi connectivity index (χ2v) is 3.73. The average Bonchev–Trinajstić information content (AvgIpc) is 2.85. The van der Waals surface area contributed by atoms with Gasteiger partial charge in [0, 0.05) is 13.2 Å². The lowest BCUT2D eigenvalue weighted by Crippen LogP contribution is -2.09. The van der Waals surface area contributed by atoms with E-state index in [1.807, 2.05) is 19.3 Å². The second kappa shape index (κ2) is 4.44. The highest BCUT2D eigenvalue weighted by molar-refractivity contribution is 5.46. The molecule has 2 aromatic rings. The molecule has 0 amide bonds. The maximum absolute atomic E-state index is 5.88. The quantitative estimate of drug-likeness (QED) is 0.840. The monoisotopic (exact) mass is 221 g/mol. The number of aryl methyl sites for hydroxylation is 1. The number of hydrogen-bond donors (Lipinski definition) is 1. The molecule has 0 spiro atoms. The molecule has 86 valence electrons. The molecule has 0 aliphatic rings. The Hall–Kier alpha value is -1.69. The van der Waals surface area contributed by atoms with Crippen molar-refractivity contribution in [3.8, 4) is 11.5 Å². The van der Waals surface area contributed by atoms with E-state index in [-0.39, 0.29) is 6.04 Å². The van der Waals surface area contributed by atoms with E-state index in [4.69, 9.17) is 10.3 Å². The highest BCUT2D eigenvalue weighted by Crippen LogP contribution is 2.18. The van der Waals surface area contributed by atoms with Crippen molar-refractivity contribution in [3.63, 3.8) is 0 Å². The van der Waals surface area contributed by atoms with Crippen molar-refractivity contribution in [2.24, 2.45) is 12.8 Å². The fourth-order valence-corrected chi connectivity index (χ4v) is 1.46. The van der Waals surface area contributed by atoms with Gasteiger partial charge in [0.15, 0.2) is 0 Å². The summed E-state index contributed by atoms with van der Waals surface area (Å²) in [5.41, 5.74) is 6.58. The molecule has 16 heavy (non-hydrogen) atoms. The van der Waals surface area contributed by atoms with Crippen molar-refractivity contribution < 1.29 is 4.52 Å². The maximum atomic E-state index is 5.88. The van der Waals surface area contributed by atoms with Crippen molar-refractivity contribution in [1.82, 2.24) is 19.9 Å². The van der Waals surface area contributed by atoms with E-state index in [0.29, 0.717) is 17.4 Å². The Bertz CT molecular complexity index is 461. The zero-order chi connectivity index (χ0) is 11.5. The lowest BCUT2D eigenvalue weighted by Gasteiger charge is -2.01. The Morgan fingerprint density at radius 2 is 2.38 bits per heavy atom. The lowest BCUT2D eigenvalue weighted by molar-refractivity contribution is 0.348. The smallest absolute Gasteiger partial charge is 0.243 e. The zero-order valence-corrected chi connectivity index (χ0v) is 9.42. The molecule has 0 radical (unpaired) electrons. The van der Waals surface area contributed by atoms with Gasteiger partial charge in [-0.05, 0) is 12.5 Å². The van der Waals surface area contributed by atoms with Gasteiger partial charge in [0.25, 0.3) is 0 Å². The molecule has 0 fully saturated rings. The van der Waals surface area contributed by atoms with E-state index in [0.717, 1.165) is 12.8 Å². The van der Waals surface area contributed by atoms with Crippen LogP contribution >= 0.6 is 0 Å². The van der Waals surface area contributed by atoms with Gasteiger partial charge >= 0.3 is 0 Å². The van der Waals surface area contributed by atoms with Crippen LogP contribution in [0.15, 0.2) is 16.8 Å². The van der Waals surface area contributed by atoms with Crippen LogP contribution in [0.2, 0.25) is 0 Å². The third-order valence-corrected chi connectivity index (χ3v) is 2.30. The molecule has 1 atom stereocenters. The highest BCUT2D eigenvalue weighted by Gasteiger charge is 2.15. The molecule has 2 N–H and O–H groups in total. The van der Waals surface area contributed by atoms with Crippen LogP contribution < -0.4 is 5.73 Å². The third-order valence-electron chi connectivity index (χ3n) is 2.30. The molecule has 0 aliphatic heterocycles. The Balaban J connectivity index is 2.19. The Morgan fingerprint density at radius 1 is 1.56 bits per heavy atom. The van der Waals surface area contributed by atoms with Gasteiger partial charge in [-0.15, -0.1) is 0 Å². The SMILES string of the molecule is CCC[C@H](N)c1nc(-c2ccn(C)n2)no1. The molecule has 6 heteroatoms. The first-order valence-corrected chi connectivity index (χ1v) is 5.30. The molecule has 2 rings (SSSR count). The van der Waals surface area contributed by atoms with Gasteiger partial charge in [0.2, 0.25) is 11.7 Å². The molecule has 2 aromatic heterocycles. The Morgan fingerprint density at radius 3 is 3.00 bits per heavy atom. The van der Waals surface area contributed by atoms with Gasteiger partial charge in [0.05, 0.1) is 6.04 Å². The largest absolute Gasteiger partial charge is 0.337 e. The summed E-state index contributed by atoms with van der Waals surface area (Å²) in [5, 5.41) is 8.05. The molecular weight excluding hydrogens is 206 g/mol. The normalized spacial score (nSPS) is 12.9. The van der Waals surface area contributed by atoms with Crippen LogP contribution in [0.3, 0.4) is 0 Å². The highest BCUT2D eigenvalue weighted by atomic mass is 16.5. The minimum Gasteiger partial charge on any atom is -0.337 e. The molecule has 0 aromatic carbocycles. The van der Waals surface area contributed by atoms with Gasteiger partial charge in [-0.25, -0.2) is 0 Å². The van der Waals surface area contributed by atoms with Crippen LogP contribution in [0.4, 0.5) is 0 Å². The lowest BCUT2D eigenvalue weighted by atomic mass is 10.2. The van der Waals surface area contributed by atoms with Crippen LogP contribution in [0.1, 0.15) is 31.7 Å². The van der Waals surface area contributed by atoms with Gasteiger partial charge in [-0.2, -0.15) is 10.1 Å². The Kier molecular flexibility index (Phi) is 3.00. The van der Waals surface area contributed by atoms with Crippen LogP contribution in [-0.2, 0) is 7.05 Å². The van der Waals surface area contributed by atoms with E-state index < -0.39 is 0 Å². The fourth-order valence-electron chi connectivity index (χ4n) is 1.46. The van der Waals surface area contributed by atoms with Crippen molar-refractivity contribution in [1.29, 1.82) is 0 Å². The summed E-state index contributed by atoms with van der Waals surface area (Å²) in [6.45, 7) is 2.07. The molecule has 0 bridgehead atoms. The minimum absolute atomic E-state index is 0.185. The summed E-state index contributed by atoms with van der Waals surface area (Å²) >= 11 is 0. The number of rotatable bonds is 4. The summed E-state index contributed by atoms with van der Waals surface area (Å²) in [4.78, 5) is 4.23. The predicted molar refractivity (Wildman–Crippen MR) is 58.3 cm³/mol. The molecule has 0 aliphatic carbocycles. The first kappa shape index (κ1) is 10.8. The van der Waals surface area contributed by atoms with E-state index in [2.05, 4.69) is 22.2 Å². The summed E-state index contributed by atoms with van der Waals surface area (Å²) < 4.78 is 6.80. The maximum Gasteiger partial charge on any atom is 0.243 e. The summed E-state index contributed by atoms with van der Waals surface area (Å²) in [5.74, 6) is 0.963. The number of aromatic nitrogens is 4. The van der Waals surface area contributed by atoms with Crippen molar-refractivity contribution >= 4 is 0 Å². The van der Waals surface area contributed by atoms with Crippen molar-refractivity contribution in [2.45, 2.75) is 25.8 Å². The van der Waals surface area contributed by atoms with Crippen LogP contribution in [0.5, 0.6) is 0 Å². The summed E-state index contributed by atoms with van der Waals surface area (Å²) in [6.07, 6.45) is 3.66. The second-order valence-electron chi connectivity index (χ2n) is 3.73. The molecule has 2 heterocycles. The van der Waals surface area contributed by atoms with Crippen LogP contribution in [-0.4, -0.2) is 19.9 Å². The minimum atomic E-state index is -0.185. The number of hydrogen-bond acceptors (Lipinski definition) is 5. The van der Waals surface area contributed by atoms with Crippen molar-refractivity contribution in [3.05, 3.63) is 18.2 Å². The van der Waals surface area contributed by atoms with Gasteiger partial charge < -0.3 is 10.3 Å². The summed E-state index contributed by atoms with van der Waals surface area (Å²) in [6, 6.07) is 1.65. The van der Waals surface area contributed by atoms with Gasteiger partial charge in [-0.3, -0.25) is 4.68 Å². The molecule has 0 saturated heterocycles. The van der Waals surface area contributed by atoms with Gasteiger partial charge in [-0.1, -0.05) is 18.5 Å². The summed E-state index contributed by atoms with van der Waals surface area (Å²) in [7, 11) is 1.84. The van der Waals surface area contributed by atoms with E-state index in [1.165, 1.54) is 0 Å². The number of nitrogens with two attached hydrogens (primary N) is 1. The van der Waals surface area contributed by atoms with E-state index in [1.54, 1.807) is 4.68 Å². The number of nitrogens with zero attached hydrogens (tertiary/aromatic N) is 4. The van der Waals surface area contributed by atoms with E-state index in [9.17, 15) is 0 Å². The van der Waals surface area contributed by atoms with Crippen molar-refractivity contribution in [2.75, 3.05) is 0 Å². The third kappa shape index (κ3) is 2.11. The molecular formula is C10H15N5O. The average molecular weight is 221 g/mol. The van der Waals surface area contributed by atoms with Gasteiger partial charge in [0.1, 0.15) is 5.69 Å². The van der Waals surface area contributed by atoms with E-state index >= 15 is 0 Å². The molecule has 6 nitrogen and oxygen atoms in total.